The van der Waals surface area contributed by atoms with E-state index in [1.165, 1.54) is 0 Å². The lowest BCUT2D eigenvalue weighted by Crippen LogP contribution is -2.31. The Morgan fingerprint density at radius 3 is 2.64 bits per heavy atom. The summed E-state index contributed by atoms with van der Waals surface area (Å²) in [4.78, 5) is 16.6. The number of hydrogen-bond donors (Lipinski definition) is 2. The molecule has 5 nitrogen and oxygen atoms in total. The van der Waals surface area contributed by atoms with Crippen molar-refractivity contribution in [1.82, 2.24) is 4.98 Å². The molecule has 7 heteroatoms. The van der Waals surface area contributed by atoms with Gasteiger partial charge in [-0.2, -0.15) is 0 Å². The van der Waals surface area contributed by atoms with Crippen LogP contribution in [-0.2, 0) is 11.4 Å². The zero-order chi connectivity index (χ0) is 19.9. The SMILES string of the molecule is C[C@H](Nc1ccc(OCc2ccccn2)c(Cl)c1)C(=O)Nc1cccc(Cl)c1. The summed E-state index contributed by atoms with van der Waals surface area (Å²) in [5.41, 5.74) is 2.17. The second kappa shape index (κ2) is 9.44. The van der Waals surface area contributed by atoms with Gasteiger partial charge in [0.05, 0.1) is 10.7 Å². The smallest absolute Gasteiger partial charge is 0.246 e. The van der Waals surface area contributed by atoms with E-state index in [0.717, 1.165) is 5.69 Å². The van der Waals surface area contributed by atoms with Gasteiger partial charge in [0.2, 0.25) is 5.91 Å². The Morgan fingerprint density at radius 1 is 1.07 bits per heavy atom. The molecule has 0 aliphatic carbocycles. The molecule has 1 aromatic heterocycles. The number of aromatic nitrogens is 1. The van der Waals surface area contributed by atoms with Crippen LogP contribution >= 0.6 is 23.2 Å². The van der Waals surface area contributed by atoms with Crippen LogP contribution in [0.2, 0.25) is 10.0 Å². The number of halogens is 2. The molecule has 2 N–H and O–H groups in total. The molecule has 1 atom stereocenters. The molecule has 0 aliphatic heterocycles. The van der Waals surface area contributed by atoms with Crippen LogP contribution in [0.25, 0.3) is 0 Å². The maximum atomic E-state index is 12.4. The predicted octanol–water partition coefficient (Wildman–Crippen LogP) is 5.41. The zero-order valence-electron chi connectivity index (χ0n) is 15.2. The lowest BCUT2D eigenvalue weighted by Gasteiger charge is -2.16. The van der Waals surface area contributed by atoms with E-state index in [1.54, 1.807) is 49.5 Å². The van der Waals surface area contributed by atoms with Gasteiger partial charge in [-0.25, -0.2) is 0 Å². The van der Waals surface area contributed by atoms with E-state index in [0.29, 0.717) is 33.8 Å². The van der Waals surface area contributed by atoms with Gasteiger partial charge in [0.25, 0.3) is 0 Å². The third-order valence-corrected chi connectivity index (χ3v) is 4.43. The maximum absolute atomic E-state index is 12.4. The van der Waals surface area contributed by atoms with Crippen LogP contribution < -0.4 is 15.4 Å². The number of benzene rings is 2. The Morgan fingerprint density at radius 2 is 1.93 bits per heavy atom. The number of ether oxygens (including phenoxy) is 1. The summed E-state index contributed by atoms with van der Waals surface area (Å²) in [7, 11) is 0. The molecule has 0 saturated carbocycles. The van der Waals surface area contributed by atoms with Gasteiger partial charge in [0.1, 0.15) is 18.4 Å². The van der Waals surface area contributed by atoms with E-state index in [1.807, 2.05) is 24.3 Å². The molecular weight excluding hydrogens is 397 g/mol. The number of nitrogens with one attached hydrogen (secondary N) is 2. The highest BCUT2D eigenvalue weighted by atomic mass is 35.5. The van der Waals surface area contributed by atoms with Gasteiger partial charge in [0.15, 0.2) is 0 Å². The average molecular weight is 416 g/mol. The molecule has 1 amide bonds. The molecule has 0 saturated heterocycles. The van der Waals surface area contributed by atoms with E-state index in [-0.39, 0.29) is 5.91 Å². The Bertz CT molecular complexity index is 951. The van der Waals surface area contributed by atoms with Crippen LogP contribution in [0, 0.1) is 0 Å². The number of amides is 1. The predicted molar refractivity (Wildman–Crippen MR) is 113 cm³/mol. The summed E-state index contributed by atoms with van der Waals surface area (Å²) >= 11 is 12.2. The molecule has 1 heterocycles. The van der Waals surface area contributed by atoms with Crippen molar-refractivity contribution in [1.29, 1.82) is 0 Å². The summed E-state index contributed by atoms with van der Waals surface area (Å²) in [6.45, 7) is 2.09. The van der Waals surface area contributed by atoms with Crippen molar-refractivity contribution in [3.8, 4) is 5.75 Å². The summed E-state index contributed by atoms with van der Waals surface area (Å²) in [5.74, 6) is 0.364. The van der Waals surface area contributed by atoms with Gasteiger partial charge in [-0.05, 0) is 55.5 Å². The largest absolute Gasteiger partial charge is 0.486 e. The molecule has 0 unspecified atom stereocenters. The number of carbonyl (C=O) groups is 1. The van der Waals surface area contributed by atoms with Crippen molar-refractivity contribution in [2.75, 3.05) is 10.6 Å². The molecule has 0 fully saturated rings. The lowest BCUT2D eigenvalue weighted by atomic mass is 10.2. The van der Waals surface area contributed by atoms with Crippen LogP contribution in [0.15, 0.2) is 66.9 Å². The highest BCUT2D eigenvalue weighted by molar-refractivity contribution is 6.32. The third-order valence-electron chi connectivity index (χ3n) is 3.90. The minimum Gasteiger partial charge on any atom is -0.486 e. The minimum absolute atomic E-state index is 0.186. The molecular formula is C21H19Cl2N3O2. The van der Waals surface area contributed by atoms with Crippen molar-refractivity contribution in [2.45, 2.75) is 19.6 Å². The van der Waals surface area contributed by atoms with Crippen LogP contribution in [-0.4, -0.2) is 16.9 Å². The number of rotatable bonds is 7. The number of hydrogen-bond acceptors (Lipinski definition) is 4. The van der Waals surface area contributed by atoms with Crippen molar-refractivity contribution in [2.24, 2.45) is 0 Å². The molecule has 28 heavy (non-hydrogen) atoms. The lowest BCUT2D eigenvalue weighted by molar-refractivity contribution is -0.116. The summed E-state index contributed by atoms with van der Waals surface area (Å²) in [6.07, 6.45) is 1.71. The topological polar surface area (TPSA) is 63.2 Å². The van der Waals surface area contributed by atoms with Gasteiger partial charge in [-0.3, -0.25) is 9.78 Å². The van der Waals surface area contributed by atoms with Crippen LogP contribution in [0.5, 0.6) is 5.75 Å². The van der Waals surface area contributed by atoms with Crippen molar-refractivity contribution in [3.05, 3.63) is 82.6 Å². The third kappa shape index (κ3) is 5.62. The summed E-state index contributed by atoms with van der Waals surface area (Å²) in [5, 5.41) is 6.95. The van der Waals surface area contributed by atoms with Gasteiger partial charge < -0.3 is 15.4 Å². The van der Waals surface area contributed by atoms with E-state index in [9.17, 15) is 4.79 Å². The van der Waals surface area contributed by atoms with Crippen LogP contribution in [0.4, 0.5) is 11.4 Å². The quantitative estimate of drug-likeness (QED) is 0.541. The first kappa shape index (κ1) is 20.0. The summed E-state index contributed by atoms with van der Waals surface area (Å²) in [6, 6.07) is 17.4. The fourth-order valence-corrected chi connectivity index (χ4v) is 2.90. The van der Waals surface area contributed by atoms with E-state index >= 15 is 0 Å². The maximum Gasteiger partial charge on any atom is 0.246 e. The Hall–Kier alpha value is -2.76. The monoisotopic (exact) mass is 415 g/mol. The van der Waals surface area contributed by atoms with Gasteiger partial charge in [0, 0.05) is 22.6 Å². The molecule has 2 aromatic carbocycles. The molecule has 3 aromatic rings. The highest BCUT2D eigenvalue weighted by Crippen LogP contribution is 2.28. The average Bonchev–Trinajstić information content (AvgIpc) is 2.68. The van der Waals surface area contributed by atoms with Crippen molar-refractivity contribution < 1.29 is 9.53 Å². The van der Waals surface area contributed by atoms with E-state index in [2.05, 4.69) is 15.6 Å². The standard InChI is InChI=1S/C21H19Cl2N3O2/c1-14(21(27)26-16-7-4-5-15(22)11-16)25-17-8-9-20(19(23)12-17)28-13-18-6-2-3-10-24-18/h2-12,14,25H,13H2,1H3,(H,26,27)/t14-/m0/s1. The van der Waals surface area contributed by atoms with Crippen molar-refractivity contribution in [3.63, 3.8) is 0 Å². The molecule has 0 radical (unpaired) electrons. The highest BCUT2D eigenvalue weighted by Gasteiger charge is 2.14. The first-order chi connectivity index (χ1) is 13.5. The fraction of sp³-hybridized carbons (Fsp3) is 0.143. The minimum atomic E-state index is -0.477. The summed E-state index contributed by atoms with van der Waals surface area (Å²) < 4.78 is 5.71. The Labute approximate surface area is 173 Å². The second-order valence-electron chi connectivity index (χ2n) is 6.12. The number of pyridine rings is 1. The van der Waals surface area contributed by atoms with Gasteiger partial charge >= 0.3 is 0 Å². The number of carbonyl (C=O) groups excluding carboxylic acids is 1. The second-order valence-corrected chi connectivity index (χ2v) is 6.96. The fourth-order valence-electron chi connectivity index (χ4n) is 2.48. The Balaban J connectivity index is 1.57. The first-order valence-corrected chi connectivity index (χ1v) is 9.42. The molecule has 0 aliphatic rings. The molecule has 144 valence electrons. The zero-order valence-corrected chi connectivity index (χ0v) is 16.7. The molecule has 0 spiro atoms. The number of anilines is 2. The van der Waals surface area contributed by atoms with Crippen molar-refractivity contribution >= 4 is 40.5 Å². The first-order valence-electron chi connectivity index (χ1n) is 8.66. The molecule has 0 bridgehead atoms. The Kier molecular flexibility index (Phi) is 6.74. The normalized spacial score (nSPS) is 11.5. The molecule has 3 rings (SSSR count). The number of nitrogens with zero attached hydrogens (tertiary/aromatic N) is 1. The van der Waals surface area contributed by atoms with Gasteiger partial charge in [-0.1, -0.05) is 35.3 Å². The van der Waals surface area contributed by atoms with Gasteiger partial charge in [-0.15, -0.1) is 0 Å². The van der Waals surface area contributed by atoms with E-state index in [4.69, 9.17) is 27.9 Å². The van der Waals surface area contributed by atoms with Crippen LogP contribution in [0.1, 0.15) is 12.6 Å². The van der Waals surface area contributed by atoms with E-state index < -0.39 is 6.04 Å². The van der Waals surface area contributed by atoms with Crippen LogP contribution in [0.3, 0.4) is 0 Å².